The van der Waals surface area contributed by atoms with E-state index >= 15 is 0 Å². The van der Waals surface area contributed by atoms with Gasteiger partial charge in [-0.1, -0.05) is 0 Å². The Hall–Kier alpha value is -2.24. The summed E-state index contributed by atoms with van der Waals surface area (Å²) in [6.07, 6.45) is 0.751. The minimum absolute atomic E-state index is 0.0631. The van der Waals surface area contributed by atoms with Crippen LogP contribution in [0.4, 0.5) is 4.79 Å². The van der Waals surface area contributed by atoms with Crippen LogP contribution in [0.1, 0.15) is 10.4 Å². The number of nitrogens with one attached hydrogen (secondary N) is 1. The molecule has 1 fully saturated rings. The van der Waals surface area contributed by atoms with Crippen LogP contribution in [0.15, 0.2) is 18.2 Å². The number of urea groups is 1. The first-order valence-corrected chi connectivity index (χ1v) is 6.03. The Bertz CT molecular complexity index is 476. The zero-order valence-electron chi connectivity index (χ0n) is 10.7. The highest BCUT2D eigenvalue weighted by atomic mass is 16.5. The first-order valence-electron chi connectivity index (χ1n) is 6.03. The van der Waals surface area contributed by atoms with Crippen molar-refractivity contribution in [2.24, 2.45) is 0 Å². The molecular formula is C13H16N2O4. The monoisotopic (exact) mass is 264 g/mol. The average Bonchev–Trinajstić information content (AvgIpc) is 2.84. The van der Waals surface area contributed by atoms with Gasteiger partial charge in [0.2, 0.25) is 0 Å². The van der Waals surface area contributed by atoms with Gasteiger partial charge in [0.1, 0.15) is 12.9 Å². The van der Waals surface area contributed by atoms with Gasteiger partial charge in [-0.2, -0.15) is 0 Å². The summed E-state index contributed by atoms with van der Waals surface area (Å²) in [4.78, 5) is 23.7. The van der Waals surface area contributed by atoms with Gasteiger partial charge in [0, 0.05) is 18.7 Å². The summed E-state index contributed by atoms with van der Waals surface area (Å²) >= 11 is 0. The predicted molar refractivity (Wildman–Crippen MR) is 68.8 cm³/mol. The van der Waals surface area contributed by atoms with Crippen LogP contribution in [0.2, 0.25) is 0 Å². The molecule has 1 heterocycles. The first kappa shape index (κ1) is 13.2. The summed E-state index contributed by atoms with van der Waals surface area (Å²) in [6.45, 7) is 2.27. The summed E-state index contributed by atoms with van der Waals surface area (Å²) in [5, 5.41) is 2.72. The lowest BCUT2D eigenvalue weighted by Gasteiger charge is -2.15. The van der Waals surface area contributed by atoms with Crippen LogP contribution >= 0.6 is 0 Å². The number of rotatable bonds is 6. The van der Waals surface area contributed by atoms with E-state index < -0.39 is 0 Å². The van der Waals surface area contributed by atoms with Crippen LogP contribution < -0.4 is 14.8 Å². The molecule has 2 amide bonds. The van der Waals surface area contributed by atoms with Gasteiger partial charge >= 0.3 is 6.03 Å². The topological polar surface area (TPSA) is 67.9 Å². The fraction of sp³-hybridized carbons (Fsp3) is 0.385. The van der Waals surface area contributed by atoms with E-state index in [4.69, 9.17) is 9.47 Å². The van der Waals surface area contributed by atoms with Crippen LogP contribution in [0.3, 0.4) is 0 Å². The number of hydrogen-bond acceptors (Lipinski definition) is 4. The van der Waals surface area contributed by atoms with Crippen LogP contribution in [0, 0.1) is 0 Å². The Labute approximate surface area is 111 Å². The van der Waals surface area contributed by atoms with Gasteiger partial charge in [-0.15, -0.1) is 0 Å². The van der Waals surface area contributed by atoms with Crippen LogP contribution in [-0.4, -0.2) is 50.6 Å². The van der Waals surface area contributed by atoms with Gasteiger partial charge in [0.25, 0.3) is 0 Å². The Kier molecular flexibility index (Phi) is 4.22. The fourth-order valence-corrected chi connectivity index (χ4v) is 1.87. The highest BCUT2D eigenvalue weighted by Gasteiger charge is 2.18. The van der Waals surface area contributed by atoms with Crippen molar-refractivity contribution >= 4 is 12.3 Å². The number of ether oxygens (including phenoxy) is 2. The number of carbonyl (C=O) groups is 2. The van der Waals surface area contributed by atoms with Gasteiger partial charge in [0.05, 0.1) is 13.7 Å². The van der Waals surface area contributed by atoms with Crippen molar-refractivity contribution in [3.63, 3.8) is 0 Å². The second kappa shape index (κ2) is 6.08. The molecule has 0 radical (unpaired) electrons. The van der Waals surface area contributed by atoms with E-state index in [9.17, 15) is 9.59 Å². The third kappa shape index (κ3) is 3.15. The van der Waals surface area contributed by atoms with Gasteiger partial charge in [-0.3, -0.25) is 4.79 Å². The number of amides is 2. The van der Waals surface area contributed by atoms with Crippen molar-refractivity contribution in [2.45, 2.75) is 0 Å². The second-order valence-corrected chi connectivity index (χ2v) is 4.10. The van der Waals surface area contributed by atoms with Crippen molar-refractivity contribution < 1.29 is 19.1 Å². The quantitative estimate of drug-likeness (QED) is 0.775. The van der Waals surface area contributed by atoms with Crippen molar-refractivity contribution in [3.05, 3.63) is 23.8 Å². The lowest BCUT2D eigenvalue weighted by Crippen LogP contribution is -2.31. The summed E-state index contributed by atoms with van der Waals surface area (Å²) in [5.74, 6) is 1.07. The zero-order valence-corrected chi connectivity index (χ0v) is 10.7. The smallest absolute Gasteiger partial charge is 0.317 e. The third-order valence-electron chi connectivity index (χ3n) is 2.89. The van der Waals surface area contributed by atoms with Crippen LogP contribution in [0.25, 0.3) is 0 Å². The summed E-state index contributed by atoms with van der Waals surface area (Å²) in [7, 11) is 1.52. The number of carbonyl (C=O) groups excluding carboxylic acids is 2. The lowest BCUT2D eigenvalue weighted by atomic mass is 10.2. The minimum Gasteiger partial charge on any atom is -0.493 e. The van der Waals surface area contributed by atoms with Crippen molar-refractivity contribution in [1.82, 2.24) is 10.2 Å². The van der Waals surface area contributed by atoms with Crippen molar-refractivity contribution in [3.8, 4) is 11.5 Å². The van der Waals surface area contributed by atoms with E-state index in [0.29, 0.717) is 43.3 Å². The number of benzene rings is 1. The van der Waals surface area contributed by atoms with E-state index in [1.807, 2.05) is 0 Å². The largest absolute Gasteiger partial charge is 0.493 e. The first-order chi connectivity index (χ1) is 9.24. The standard InChI is InChI=1S/C13H16N2O4/c1-18-12-8-10(9-16)2-3-11(12)19-7-6-15-5-4-14-13(15)17/h2-3,8-9H,4-7H2,1H3,(H,14,17). The minimum atomic E-state index is -0.0631. The summed E-state index contributed by atoms with van der Waals surface area (Å²) < 4.78 is 10.7. The average molecular weight is 264 g/mol. The second-order valence-electron chi connectivity index (χ2n) is 4.10. The molecule has 6 nitrogen and oxygen atoms in total. The molecule has 0 bridgehead atoms. The molecule has 0 spiro atoms. The summed E-state index contributed by atoms with van der Waals surface area (Å²) in [6, 6.07) is 4.90. The lowest BCUT2D eigenvalue weighted by molar-refractivity contribution is 0.112. The molecule has 6 heteroatoms. The Morgan fingerprint density at radius 1 is 1.42 bits per heavy atom. The maximum Gasteiger partial charge on any atom is 0.317 e. The zero-order chi connectivity index (χ0) is 13.7. The fourth-order valence-electron chi connectivity index (χ4n) is 1.87. The Balaban J connectivity index is 1.91. The Morgan fingerprint density at radius 2 is 2.26 bits per heavy atom. The molecule has 1 aromatic carbocycles. The molecule has 2 rings (SSSR count). The maximum atomic E-state index is 11.3. The molecule has 1 aliphatic heterocycles. The van der Waals surface area contributed by atoms with Crippen molar-refractivity contribution in [2.75, 3.05) is 33.4 Å². The van der Waals surface area contributed by atoms with E-state index in [2.05, 4.69) is 5.32 Å². The van der Waals surface area contributed by atoms with Gasteiger partial charge in [-0.25, -0.2) is 4.79 Å². The van der Waals surface area contributed by atoms with E-state index in [-0.39, 0.29) is 6.03 Å². The molecule has 1 aromatic rings. The molecule has 19 heavy (non-hydrogen) atoms. The van der Waals surface area contributed by atoms with E-state index in [1.165, 1.54) is 7.11 Å². The molecule has 0 aromatic heterocycles. The van der Waals surface area contributed by atoms with Gasteiger partial charge in [-0.05, 0) is 18.2 Å². The molecule has 0 unspecified atom stereocenters. The number of nitrogens with zero attached hydrogens (tertiary/aromatic N) is 1. The molecule has 102 valence electrons. The van der Waals surface area contributed by atoms with E-state index in [0.717, 1.165) is 6.29 Å². The van der Waals surface area contributed by atoms with Gasteiger partial charge in [0.15, 0.2) is 11.5 Å². The van der Waals surface area contributed by atoms with Crippen LogP contribution in [0.5, 0.6) is 11.5 Å². The molecule has 0 atom stereocenters. The predicted octanol–water partition coefficient (Wildman–Crippen LogP) is 0.912. The van der Waals surface area contributed by atoms with Crippen LogP contribution in [-0.2, 0) is 0 Å². The molecule has 0 aliphatic carbocycles. The molecular weight excluding hydrogens is 248 g/mol. The van der Waals surface area contributed by atoms with E-state index in [1.54, 1.807) is 23.1 Å². The third-order valence-corrected chi connectivity index (χ3v) is 2.89. The maximum absolute atomic E-state index is 11.3. The highest BCUT2D eigenvalue weighted by molar-refractivity contribution is 5.76. The SMILES string of the molecule is COc1cc(C=O)ccc1OCCN1CCNC1=O. The summed E-state index contributed by atoms with van der Waals surface area (Å²) in [5.41, 5.74) is 0.531. The highest BCUT2D eigenvalue weighted by Crippen LogP contribution is 2.27. The van der Waals surface area contributed by atoms with Crippen molar-refractivity contribution in [1.29, 1.82) is 0 Å². The number of hydrogen-bond donors (Lipinski definition) is 1. The normalized spacial score (nSPS) is 14.2. The molecule has 1 saturated heterocycles. The molecule has 0 saturated carbocycles. The molecule has 1 N–H and O–H groups in total. The molecule has 1 aliphatic rings. The number of methoxy groups -OCH3 is 1. The Morgan fingerprint density at radius 3 is 2.89 bits per heavy atom. The number of aldehydes is 1. The van der Waals surface area contributed by atoms with Gasteiger partial charge < -0.3 is 19.7 Å².